The van der Waals surface area contributed by atoms with Crippen molar-refractivity contribution in [2.24, 2.45) is 0 Å². The quantitative estimate of drug-likeness (QED) is 0.308. The number of aryl methyl sites for hydroxylation is 2. The molecule has 1 heterocycles. The molecule has 0 amide bonds. The summed E-state index contributed by atoms with van der Waals surface area (Å²) in [5, 5.41) is 2.52. The van der Waals surface area contributed by atoms with Gasteiger partial charge in [-0.15, -0.1) is 0 Å². The molecule has 0 saturated carbocycles. The summed E-state index contributed by atoms with van der Waals surface area (Å²) in [5.74, 6) is 0. The number of hydrogen-bond donors (Lipinski definition) is 0. The van der Waals surface area contributed by atoms with Crippen LogP contribution in [0.25, 0.3) is 44.2 Å². The van der Waals surface area contributed by atoms with Crippen LogP contribution in [0.15, 0.2) is 103 Å². The molecule has 5 aromatic rings. The van der Waals surface area contributed by atoms with Crippen molar-refractivity contribution in [3.63, 3.8) is 0 Å². The van der Waals surface area contributed by atoms with Crippen LogP contribution in [0, 0.1) is 13.8 Å². The molecule has 1 heteroatoms. The summed E-state index contributed by atoms with van der Waals surface area (Å²) in [5.41, 5.74) is 9.96. The second-order valence-corrected chi connectivity index (χ2v) is 7.86. The maximum Gasteiger partial charge on any atom is 0.0273 e. The SMILES string of the molecule is Cc1ccc(-c2c(-c3ccncc3)cc3ccccc3c2-c2ccc(C)cc2)cc1. The van der Waals surface area contributed by atoms with E-state index in [0.717, 1.165) is 0 Å². The third-order valence-electron chi connectivity index (χ3n) is 5.72. The van der Waals surface area contributed by atoms with Crippen molar-refractivity contribution in [3.8, 4) is 33.4 Å². The van der Waals surface area contributed by atoms with Gasteiger partial charge in [-0.05, 0) is 76.2 Å². The topological polar surface area (TPSA) is 12.9 Å². The standard InChI is InChI=1S/C29H23N/c1-20-7-11-23(12-8-20)28-26-6-4-3-5-25(26)19-27(22-15-17-30-18-16-22)29(28)24-13-9-21(2)10-14-24/h3-19H,1-2H3. The molecule has 30 heavy (non-hydrogen) atoms. The molecule has 4 aromatic carbocycles. The molecule has 0 bridgehead atoms. The highest BCUT2D eigenvalue weighted by molar-refractivity contribution is 6.09. The van der Waals surface area contributed by atoms with Crippen molar-refractivity contribution in [3.05, 3.63) is 115 Å². The Labute approximate surface area is 177 Å². The average molecular weight is 386 g/mol. The molecule has 0 N–H and O–H groups in total. The fraction of sp³-hybridized carbons (Fsp3) is 0.0690. The Kier molecular flexibility index (Phi) is 4.65. The predicted molar refractivity (Wildman–Crippen MR) is 128 cm³/mol. The van der Waals surface area contributed by atoms with Gasteiger partial charge in [0.1, 0.15) is 0 Å². The van der Waals surface area contributed by atoms with Crippen molar-refractivity contribution in [2.75, 3.05) is 0 Å². The van der Waals surface area contributed by atoms with E-state index < -0.39 is 0 Å². The summed E-state index contributed by atoms with van der Waals surface area (Å²) in [4.78, 5) is 4.24. The minimum absolute atomic E-state index is 1.18. The van der Waals surface area contributed by atoms with Gasteiger partial charge in [0.2, 0.25) is 0 Å². The van der Waals surface area contributed by atoms with E-state index in [4.69, 9.17) is 0 Å². The van der Waals surface area contributed by atoms with Crippen LogP contribution in [0.4, 0.5) is 0 Å². The second-order valence-electron chi connectivity index (χ2n) is 7.86. The molecule has 0 aliphatic heterocycles. The van der Waals surface area contributed by atoms with Crippen molar-refractivity contribution >= 4 is 10.8 Å². The summed E-state index contributed by atoms with van der Waals surface area (Å²) >= 11 is 0. The van der Waals surface area contributed by atoms with Crippen molar-refractivity contribution in [2.45, 2.75) is 13.8 Å². The van der Waals surface area contributed by atoms with Crippen LogP contribution in [-0.4, -0.2) is 4.98 Å². The van der Waals surface area contributed by atoms with E-state index >= 15 is 0 Å². The molecule has 0 fully saturated rings. The number of hydrogen-bond acceptors (Lipinski definition) is 1. The lowest BCUT2D eigenvalue weighted by atomic mass is 9.84. The van der Waals surface area contributed by atoms with E-state index in [-0.39, 0.29) is 0 Å². The number of benzene rings is 4. The third kappa shape index (κ3) is 3.29. The van der Waals surface area contributed by atoms with Crippen LogP contribution in [0.5, 0.6) is 0 Å². The lowest BCUT2D eigenvalue weighted by Crippen LogP contribution is -1.93. The van der Waals surface area contributed by atoms with E-state index in [2.05, 4.69) is 110 Å². The minimum atomic E-state index is 1.18. The normalized spacial score (nSPS) is 11.0. The van der Waals surface area contributed by atoms with E-state index in [9.17, 15) is 0 Å². The summed E-state index contributed by atoms with van der Waals surface area (Å²) in [7, 11) is 0. The van der Waals surface area contributed by atoms with Crippen LogP contribution in [0.1, 0.15) is 11.1 Å². The summed E-state index contributed by atoms with van der Waals surface area (Å²) in [6.07, 6.45) is 3.74. The molecule has 0 radical (unpaired) electrons. The summed E-state index contributed by atoms with van der Waals surface area (Å²) in [6, 6.07) is 32.9. The van der Waals surface area contributed by atoms with Gasteiger partial charge < -0.3 is 0 Å². The molecule has 0 atom stereocenters. The van der Waals surface area contributed by atoms with Gasteiger partial charge in [-0.3, -0.25) is 4.98 Å². The number of nitrogens with zero attached hydrogens (tertiary/aromatic N) is 1. The molecule has 0 spiro atoms. The first kappa shape index (κ1) is 18.3. The second kappa shape index (κ2) is 7.61. The van der Waals surface area contributed by atoms with E-state index in [0.29, 0.717) is 0 Å². The van der Waals surface area contributed by atoms with Gasteiger partial charge >= 0.3 is 0 Å². The Morgan fingerprint density at radius 3 is 1.73 bits per heavy atom. The minimum Gasteiger partial charge on any atom is -0.265 e. The molecule has 0 saturated heterocycles. The molecule has 0 aliphatic carbocycles. The number of rotatable bonds is 3. The maximum atomic E-state index is 4.24. The van der Waals surface area contributed by atoms with Gasteiger partial charge in [-0.25, -0.2) is 0 Å². The zero-order chi connectivity index (χ0) is 20.5. The first-order valence-corrected chi connectivity index (χ1v) is 10.3. The molecule has 0 unspecified atom stereocenters. The van der Waals surface area contributed by atoms with Gasteiger partial charge in [0, 0.05) is 12.4 Å². The first-order chi connectivity index (χ1) is 14.7. The Balaban J connectivity index is 1.95. The Bertz CT molecular complexity index is 1320. The van der Waals surface area contributed by atoms with Gasteiger partial charge in [-0.2, -0.15) is 0 Å². The summed E-state index contributed by atoms with van der Waals surface area (Å²) in [6.45, 7) is 4.27. The maximum absolute atomic E-state index is 4.24. The third-order valence-corrected chi connectivity index (χ3v) is 5.72. The predicted octanol–water partition coefficient (Wildman–Crippen LogP) is 7.85. The summed E-state index contributed by atoms with van der Waals surface area (Å²) < 4.78 is 0. The Morgan fingerprint density at radius 1 is 0.533 bits per heavy atom. The van der Waals surface area contributed by atoms with Crippen LogP contribution in [0.3, 0.4) is 0 Å². The highest BCUT2D eigenvalue weighted by atomic mass is 14.6. The van der Waals surface area contributed by atoms with Gasteiger partial charge in [0.15, 0.2) is 0 Å². The Morgan fingerprint density at radius 2 is 1.10 bits per heavy atom. The zero-order valence-corrected chi connectivity index (χ0v) is 17.3. The molecule has 1 nitrogen and oxygen atoms in total. The van der Waals surface area contributed by atoms with Crippen LogP contribution < -0.4 is 0 Å². The number of fused-ring (bicyclic) bond motifs is 1. The molecule has 144 valence electrons. The van der Waals surface area contributed by atoms with Crippen molar-refractivity contribution in [1.29, 1.82) is 0 Å². The van der Waals surface area contributed by atoms with E-state index in [1.807, 2.05) is 12.4 Å². The van der Waals surface area contributed by atoms with E-state index in [1.165, 1.54) is 55.3 Å². The highest BCUT2D eigenvalue weighted by Gasteiger charge is 2.18. The number of pyridine rings is 1. The van der Waals surface area contributed by atoms with Crippen LogP contribution in [-0.2, 0) is 0 Å². The molecule has 5 rings (SSSR count). The van der Waals surface area contributed by atoms with Gasteiger partial charge in [0.05, 0.1) is 0 Å². The zero-order valence-electron chi connectivity index (χ0n) is 17.3. The fourth-order valence-corrected chi connectivity index (χ4v) is 4.15. The monoisotopic (exact) mass is 385 g/mol. The lowest BCUT2D eigenvalue weighted by Gasteiger charge is -2.20. The van der Waals surface area contributed by atoms with Crippen LogP contribution >= 0.6 is 0 Å². The van der Waals surface area contributed by atoms with Crippen LogP contribution in [0.2, 0.25) is 0 Å². The number of aromatic nitrogens is 1. The highest BCUT2D eigenvalue weighted by Crippen LogP contribution is 2.44. The van der Waals surface area contributed by atoms with Gasteiger partial charge in [0.25, 0.3) is 0 Å². The molecule has 0 aliphatic rings. The van der Waals surface area contributed by atoms with Gasteiger partial charge in [-0.1, -0.05) is 83.9 Å². The lowest BCUT2D eigenvalue weighted by molar-refractivity contribution is 1.33. The molecular weight excluding hydrogens is 362 g/mol. The van der Waals surface area contributed by atoms with Crippen molar-refractivity contribution < 1.29 is 0 Å². The largest absolute Gasteiger partial charge is 0.265 e. The molecular formula is C29H23N. The van der Waals surface area contributed by atoms with E-state index in [1.54, 1.807) is 0 Å². The fourth-order valence-electron chi connectivity index (χ4n) is 4.15. The van der Waals surface area contributed by atoms with Crippen molar-refractivity contribution in [1.82, 2.24) is 4.98 Å². The first-order valence-electron chi connectivity index (χ1n) is 10.3. The average Bonchev–Trinajstić information content (AvgIpc) is 2.80. The molecule has 1 aromatic heterocycles. The Hall–Kier alpha value is -3.71. The smallest absolute Gasteiger partial charge is 0.0273 e.